The fourth-order valence-electron chi connectivity index (χ4n) is 3.27. The van der Waals surface area contributed by atoms with Crippen molar-refractivity contribution in [3.05, 3.63) is 46.5 Å². The van der Waals surface area contributed by atoms with Gasteiger partial charge in [0, 0.05) is 24.5 Å². The van der Waals surface area contributed by atoms with Crippen LogP contribution in [0.2, 0.25) is 0 Å². The van der Waals surface area contributed by atoms with Gasteiger partial charge in [-0.05, 0) is 37.6 Å². The Labute approximate surface area is 169 Å². The monoisotopic (exact) mass is 430 g/mol. The highest BCUT2D eigenvalue weighted by atomic mass is 35.5. The van der Waals surface area contributed by atoms with Crippen LogP contribution in [-0.2, 0) is 6.18 Å². The third kappa shape index (κ3) is 3.61. The van der Waals surface area contributed by atoms with E-state index in [9.17, 15) is 18.0 Å². The van der Waals surface area contributed by atoms with Crippen LogP contribution in [0.15, 0.2) is 30.3 Å². The summed E-state index contributed by atoms with van der Waals surface area (Å²) in [4.78, 5) is 15.6. The summed E-state index contributed by atoms with van der Waals surface area (Å²) in [6.45, 7) is 2.91. The second kappa shape index (κ2) is 7.38. The Morgan fingerprint density at radius 2 is 2.07 bits per heavy atom. The summed E-state index contributed by atoms with van der Waals surface area (Å²) < 4.78 is 40.6. The number of amides is 1. The second-order valence-corrected chi connectivity index (χ2v) is 7.71. The van der Waals surface area contributed by atoms with Gasteiger partial charge in [-0.1, -0.05) is 6.07 Å². The fourth-order valence-corrected chi connectivity index (χ4v) is 4.42. The first-order chi connectivity index (χ1) is 12.7. The zero-order valence-corrected chi connectivity index (χ0v) is 16.5. The number of nitrogens with zero attached hydrogens (tertiary/aromatic N) is 3. The molecule has 5 nitrogen and oxygen atoms in total. The first kappa shape index (κ1) is 20.6. The van der Waals surface area contributed by atoms with E-state index >= 15 is 0 Å². The molecule has 3 heterocycles. The molecule has 2 N–H and O–H groups in total. The molecule has 2 aromatic heterocycles. The molecule has 1 aliphatic heterocycles. The van der Waals surface area contributed by atoms with E-state index in [2.05, 4.69) is 5.10 Å². The van der Waals surface area contributed by atoms with Crippen molar-refractivity contribution in [1.29, 1.82) is 0 Å². The van der Waals surface area contributed by atoms with E-state index in [4.69, 9.17) is 5.73 Å². The highest BCUT2D eigenvalue weighted by Gasteiger charge is 2.31. The van der Waals surface area contributed by atoms with Crippen molar-refractivity contribution < 1.29 is 18.0 Å². The van der Waals surface area contributed by atoms with Gasteiger partial charge in [-0.3, -0.25) is 4.79 Å². The molecule has 0 aliphatic carbocycles. The molecule has 0 saturated carbocycles. The average Bonchev–Trinajstić information content (AvgIpc) is 3.30. The largest absolute Gasteiger partial charge is 0.416 e. The van der Waals surface area contributed by atoms with E-state index in [0.29, 0.717) is 34.2 Å². The fraction of sp³-hybridized carbons (Fsp3) is 0.333. The highest BCUT2D eigenvalue weighted by Crippen LogP contribution is 2.34. The number of rotatable bonds is 2. The van der Waals surface area contributed by atoms with E-state index in [1.807, 2.05) is 0 Å². The smallest absolute Gasteiger partial charge is 0.336 e. The van der Waals surface area contributed by atoms with Crippen molar-refractivity contribution in [2.45, 2.75) is 25.6 Å². The van der Waals surface area contributed by atoms with Gasteiger partial charge in [0.15, 0.2) is 0 Å². The molecule has 1 amide bonds. The van der Waals surface area contributed by atoms with Gasteiger partial charge in [0.05, 0.1) is 21.8 Å². The molecule has 3 aromatic rings. The Morgan fingerprint density at radius 3 is 2.71 bits per heavy atom. The molecule has 1 atom stereocenters. The summed E-state index contributed by atoms with van der Waals surface area (Å²) in [6, 6.07) is 6.77. The minimum Gasteiger partial charge on any atom is -0.336 e. The zero-order chi connectivity index (χ0) is 19.3. The van der Waals surface area contributed by atoms with Crippen molar-refractivity contribution in [3.8, 4) is 5.69 Å². The standard InChI is InChI=1S/C18H17F3N4OS.ClH/c1-10-14-8-15(16(26)24-6-5-12(22)9-24)27-17(14)25(23-10)13-4-2-3-11(7-13)18(19,20)21;/h2-4,7-8,12H,5-6,9,22H2,1H3;1H. The number of aromatic nitrogens is 2. The van der Waals surface area contributed by atoms with Crippen LogP contribution < -0.4 is 5.73 Å². The van der Waals surface area contributed by atoms with Gasteiger partial charge in [-0.2, -0.15) is 18.3 Å². The van der Waals surface area contributed by atoms with Gasteiger partial charge in [0.2, 0.25) is 0 Å². The van der Waals surface area contributed by atoms with Crippen molar-refractivity contribution >= 4 is 39.9 Å². The number of thiophene rings is 1. The van der Waals surface area contributed by atoms with E-state index in [0.717, 1.165) is 23.9 Å². The highest BCUT2D eigenvalue weighted by molar-refractivity contribution is 7.20. The van der Waals surface area contributed by atoms with E-state index in [1.165, 1.54) is 22.1 Å². The molecule has 1 saturated heterocycles. The quantitative estimate of drug-likeness (QED) is 0.668. The van der Waals surface area contributed by atoms with Crippen LogP contribution in [0.4, 0.5) is 13.2 Å². The summed E-state index contributed by atoms with van der Waals surface area (Å²) in [5.41, 5.74) is 6.11. The molecule has 0 radical (unpaired) electrons. The number of likely N-dealkylation sites (tertiary alicyclic amines) is 1. The van der Waals surface area contributed by atoms with Crippen LogP contribution in [0.5, 0.6) is 0 Å². The second-order valence-electron chi connectivity index (χ2n) is 6.67. The molecule has 28 heavy (non-hydrogen) atoms. The molecule has 0 bridgehead atoms. The lowest BCUT2D eigenvalue weighted by molar-refractivity contribution is -0.137. The average molecular weight is 431 g/mol. The zero-order valence-electron chi connectivity index (χ0n) is 14.9. The minimum absolute atomic E-state index is 0. The van der Waals surface area contributed by atoms with Gasteiger partial charge >= 0.3 is 6.18 Å². The first-order valence-electron chi connectivity index (χ1n) is 8.45. The molecule has 1 fully saturated rings. The SMILES string of the molecule is Cc1nn(-c2cccc(C(F)(F)F)c2)c2sc(C(=O)N3CCC(N)C3)cc12.Cl. The van der Waals surface area contributed by atoms with Gasteiger partial charge in [0.1, 0.15) is 4.83 Å². The van der Waals surface area contributed by atoms with Gasteiger partial charge < -0.3 is 10.6 Å². The van der Waals surface area contributed by atoms with Crippen molar-refractivity contribution in [2.24, 2.45) is 5.73 Å². The topological polar surface area (TPSA) is 64.2 Å². The number of hydrogen-bond donors (Lipinski definition) is 1. The van der Waals surface area contributed by atoms with Crippen LogP contribution >= 0.6 is 23.7 Å². The normalized spacial score (nSPS) is 17.2. The van der Waals surface area contributed by atoms with Crippen LogP contribution in [0.1, 0.15) is 27.3 Å². The Kier molecular flexibility index (Phi) is 5.44. The third-order valence-corrected chi connectivity index (χ3v) is 5.78. The lowest BCUT2D eigenvalue weighted by Crippen LogP contribution is -2.31. The summed E-state index contributed by atoms with van der Waals surface area (Å²) in [7, 11) is 0. The molecule has 0 spiro atoms. The molecular formula is C18H18ClF3N4OS. The Bertz CT molecular complexity index is 1030. The van der Waals surface area contributed by atoms with Crippen LogP contribution in [0.3, 0.4) is 0 Å². The van der Waals surface area contributed by atoms with Gasteiger partial charge in [-0.15, -0.1) is 23.7 Å². The van der Waals surface area contributed by atoms with Crippen LogP contribution in [0, 0.1) is 6.92 Å². The summed E-state index contributed by atoms with van der Waals surface area (Å²) in [5.74, 6) is -0.0980. The number of hydrogen-bond acceptors (Lipinski definition) is 4. The number of nitrogens with two attached hydrogens (primary N) is 1. The Morgan fingerprint density at radius 1 is 1.32 bits per heavy atom. The Hall–Kier alpha value is -2.10. The molecule has 1 aliphatic rings. The number of alkyl halides is 3. The molecule has 1 aromatic carbocycles. The van der Waals surface area contributed by atoms with Gasteiger partial charge in [-0.25, -0.2) is 4.68 Å². The first-order valence-corrected chi connectivity index (χ1v) is 9.27. The van der Waals surface area contributed by atoms with E-state index in [-0.39, 0.29) is 24.4 Å². The third-order valence-electron chi connectivity index (χ3n) is 4.69. The predicted molar refractivity (Wildman–Crippen MR) is 104 cm³/mol. The molecule has 1 unspecified atom stereocenters. The molecule has 150 valence electrons. The Balaban J connectivity index is 0.00000225. The van der Waals surface area contributed by atoms with Crippen molar-refractivity contribution in [2.75, 3.05) is 13.1 Å². The van der Waals surface area contributed by atoms with Crippen LogP contribution in [-0.4, -0.2) is 39.7 Å². The molecular weight excluding hydrogens is 413 g/mol. The number of fused-ring (bicyclic) bond motifs is 1. The summed E-state index contributed by atoms with van der Waals surface area (Å²) in [5, 5.41) is 5.14. The number of aryl methyl sites for hydroxylation is 1. The maximum absolute atomic E-state index is 13.0. The maximum atomic E-state index is 13.0. The van der Waals surface area contributed by atoms with Crippen molar-refractivity contribution in [1.82, 2.24) is 14.7 Å². The predicted octanol–water partition coefficient (Wildman–Crippen LogP) is 4.01. The number of carbonyl (C=O) groups excluding carboxylic acids is 1. The van der Waals surface area contributed by atoms with Crippen molar-refractivity contribution in [3.63, 3.8) is 0 Å². The maximum Gasteiger partial charge on any atom is 0.416 e. The van der Waals surface area contributed by atoms with Crippen LogP contribution in [0.25, 0.3) is 15.9 Å². The van der Waals surface area contributed by atoms with E-state index in [1.54, 1.807) is 24.0 Å². The number of benzene rings is 1. The van der Waals surface area contributed by atoms with Gasteiger partial charge in [0.25, 0.3) is 5.91 Å². The summed E-state index contributed by atoms with van der Waals surface area (Å²) in [6.07, 6.45) is -3.66. The molecule has 10 heteroatoms. The lowest BCUT2D eigenvalue weighted by atomic mass is 10.2. The lowest BCUT2D eigenvalue weighted by Gasteiger charge is -2.14. The van der Waals surface area contributed by atoms with E-state index < -0.39 is 11.7 Å². The molecule has 4 rings (SSSR count). The summed E-state index contributed by atoms with van der Waals surface area (Å²) >= 11 is 1.24. The number of halogens is 4. The number of carbonyl (C=O) groups is 1. The minimum atomic E-state index is -4.43.